The number of carbonyl (C=O) groups excluding carboxylic acids is 2. The number of hydrogen-bond acceptors (Lipinski definition) is 4. The highest BCUT2D eigenvalue weighted by atomic mass is 19.1. The number of fused-ring (bicyclic) bond motifs is 1. The monoisotopic (exact) mass is 345 g/mol. The normalized spacial score (nSPS) is 13.4. The molecule has 130 valence electrons. The van der Waals surface area contributed by atoms with Crippen molar-refractivity contribution in [1.29, 1.82) is 0 Å². The number of carboxylic acids is 1. The summed E-state index contributed by atoms with van der Waals surface area (Å²) >= 11 is 0. The van der Waals surface area contributed by atoms with Gasteiger partial charge in [-0.2, -0.15) is 0 Å². The molecule has 1 amide bonds. The van der Waals surface area contributed by atoms with Crippen molar-refractivity contribution in [2.24, 2.45) is 0 Å². The molecule has 6 nitrogen and oxygen atoms in total. The summed E-state index contributed by atoms with van der Waals surface area (Å²) in [6.07, 6.45) is 1.29. The molecule has 1 aliphatic carbocycles. The Kier molecular flexibility index (Phi) is 4.39. The number of rotatable bonds is 4. The Hall–Kier alpha value is -2.96. The molecule has 1 aliphatic rings. The van der Waals surface area contributed by atoms with Gasteiger partial charge in [-0.3, -0.25) is 14.4 Å². The van der Waals surface area contributed by atoms with E-state index in [2.05, 4.69) is 5.32 Å². The molecule has 2 N–H and O–H groups in total. The molecular weight excluding hydrogens is 329 g/mol. The van der Waals surface area contributed by atoms with Gasteiger partial charge in [0.1, 0.15) is 11.6 Å². The zero-order valence-corrected chi connectivity index (χ0v) is 13.5. The molecule has 7 heteroatoms. The zero-order valence-electron chi connectivity index (χ0n) is 13.5. The van der Waals surface area contributed by atoms with E-state index in [1.54, 1.807) is 6.92 Å². The number of anilines is 1. The van der Waals surface area contributed by atoms with Crippen LogP contribution in [0.15, 0.2) is 22.6 Å². The second-order valence-corrected chi connectivity index (χ2v) is 5.96. The summed E-state index contributed by atoms with van der Waals surface area (Å²) in [7, 11) is 0. The molecule has 0 unspecified atom stereocenters. The third-order valence-corrected chi connectivity index (χ3v) is 4.17. The van der Waals surface area contributed by atoms with E-state index < -0.39 is 24.1 Å². The van der Waals surface area contributed by atoms with E-state index in [1.807, 2.05) is 0 Å². The summed E-state index contributed by atoms with van der Waals surface area (Å²) in [5.41, 5.74) is 1.16. The summed E-state index contributed by atoms with van der Waals surface area (Å²) in [5.74, 6) is -1.92. The van der Waals surface area contributed by atoms with Gasteiger partial charge >= 0.3 is 5.97 Å². The molecule has 0 saturated carbocycles. The standard InChI is InChI=1S/C18H16FNO5/c1-9-16-13(21)3-2-4-14(16)25-17(9)18(24)20-11-6-5-10(7-15(22)23)12(19)8-11/h5-6,8H,2-4,7H2,1H3,(H,20,24)(H,22,23). The highest BCUT2D eigenvalue weighted by Gasteiger charge is 2.28. The number of carbonyl (C=O) groups is 3. The fourth-order valence-electron chi connectivity index (χ4n) is 2.98. The Bertz CT molecular complexity index is 884. The molecule has 0 aliphatic heterocycles. The van der Waals surface area contributed by atoms with Gasteiger partial charge in [0.05, 0.1) is 12.0 Å². The van der Waals surface area contributed by atoms with Crippen LogP contribution in [0.5, 0.6) is 0 Å². The topological polar surface area (TPSA) is 96.6 Å². The predicted octanol–water partition coefficient (Wildman–Crippen LogP) is 3.13. The van der Waals surface area contributed by atoms with Gasteiger partial charge in [-0.05, 0) is 31.0 Å². The Balaban J connectivity index is 1.82. The third-order valence-electron chi connectivity index (χ3n) is 4.17. The first-order valence-corrected chi connectivity index (χ1v) is 7.84. The average Bonchev–Trinajstić information content (AvgIpc) is 2.88. The third kappa shape index (κ3) is 3.31. The van der Waals surface area contributed by atoms with Crippen molar-refractivity contribution in [1.82, 2.24) is 0 Å². The number of aliphatic carboxylic acids is 1. The van der Waals surface area contributed by atoms with Crippen molar-refractivity contribution in [3.8, 4) is 0 Å². The minimum atomic E-state index is -1.14. The van der Waals surface area contributed by atoms with E-state index in [0.717, 1.165) is 6.07 Å². The first-order valence-electron chi connectivity index (χ1n) is 7.84. The predicted molar refractivity (Wildman–Crippen MR) is 86.4 cm³/mol. The van der Waals surface area contributed by atoms with Crippen molar-refractivity contribution in [3.05, 3.63) is 52.2 Å². The Labute approximate surface area is 142 Å². The minimum Gasteiger partial charge on any atom is -0.481 e. The maximum Gasteiger partial charge on any atom is 0.307 e. The van der Waals surface area contributed by atoms with Gasteiger partial charge in [0.15, 0.2) is 11.5 Å². The second kappa shape index (κ2) is 6.51. The van der Waals surface area contributed by atoms with Crippen molar-refractivity contribution in [2.75, 3.05) is 5.32 Å². The van der Waals surface area contributed by atoms with Crippen LogP contribution in [0.3, 0.4) is 0 Å². The van der Waals surface area contributed by atoms with E-state index in [0.29, 0.717) is 36.1 Å². The van der Waals surface area contributed by atoms with Crippen LogP contribution in [0.4, 0.5) is 10.1 Å². The number of hydrogen-bond donors (Lipinski definition) is 2. The minimum absolute atomic E-state index is 0.0285. The van der Waals surface area contributed by atoms with E-state index in [9.17, 15) is 18.8 Å². The quantitative estimate of drug-likeness (QED) is 0.887. The highest BCUT2D eigenvalue weighted by Crippen LogP contribution is 2.30. The van der Waals surface area contributed by atoms with Crippen molar-refractivity contribution in [2.45, 2.75) is 32.6 Å². The van der Waals surface area contributed by atoms with Gasteiger partial charge in [0.25, 0.3) is 5.91 Å². The summed E-state index contributed by atoms with van der Waals surface area (Å²) < 4.78 is 19.4. The Morgan fingerprint density at radius 1 is 1.32 bits per heavy atom. The number of Topliss-reactive ketones (excluding diaryl/α,β-unsaturated/α-hetero) is 1. The van der Waals surface area contributed by atoms with Gasteiger partial charge in [-0.1, -0.05) is 6.07 Å². The lowest BCUT2D eigenvalue weighted by atomic mass is 9.94. The number of halogens is 1. The molecule has 1 aromatic carbocycles. The molecular formula is C18H16FNO5. The van der Waals surface area contributed by atoms with Crippen LogP contribution in [0.1, 0.15) is 50.6 Å². The van der Waals surface area contributed by atoms with Gasteiger partial charge in [0.2, 0.25) is 0 Å². The number of nitrogens with one attached hydrogen (secondary N) is 1. The number of aryl methyl sites for hydroxylation is 1. The maximum absolute atomic E-state index is 13.9. The second-order valence-electron chi connectivity index (χ2n) is 5.96. The molecule has 1 heterocycles. The maximum atomic E-state index is 13.9. The molecule has 0 radical (unpaired) electrons. The van der Waals surface area contributed by atoms with Crippen LogP contribution in [0.25, 0.3) is 0 Å². The van der Waals surface area contributed by atoms with Crippen LogP contribution in [0, 0.1) is 12.7 Å². The molecule has 0 fully saturated rings. The van der Waals surface area contributed by atoms with Gasteiger partial charge in [-0.25, -0.2) is 4.39 Å². The lowest BCUT2D eigenvalue weighted by molar-refractivity contribution is -0.136. The molecule has 0 atom stereocenters. The molecule has 0 saturated heterocycles. The van der Waals surface area contributed by atoms with Crippen molar-refractivity contribution < 1.29 is 28.3 Å². The average molecular weight is 345 g/mol. The van der Waals surface area contributed by atoms with E-state index in [4.69, 9.17) is 9.52 Å². The number of benzene rings is 1. The van der Waals surface area contributed by atoms with Crippen LogP contribution in [0.2, 0.25) is 0 Å². The molecule has 0 spiro atoms. The van der Waals surface area contributed by atoms with Crippen LogP contribution >= 0.6 is 0 Å². The molecule has 3 rings (SSSR count). The van der Waals surface area contributed by atoms with E-state index >= 15 is 0 Å². The van der Waals surface area contributed by atoms with E-state index in [-0.39, 0.29) is 22.8 Å². The number of furan rings is 1. The molecule has 1 aromatic heterocycles. The van der Waals surface area contributed by atoms with Crippen molar-refractivity contribution >= 4 is 23.3 Å². The van der Waals surface area contributed by atoms with Gasteiger partial charge in [0, 0.05) is 24.1 Å². The fourth-order valence-corrected chi connectivity index (χ4v) is 2.98. The lowest BCUT2D eigenvalue weighted by Crippen LogP contribution is -2.13. The number of amides is 1. The van der Waals surface area contributed by atoms with Gasteiger partial charge < -0.3 is 14.8 Å². The highest BCUT2D eigenvalue weighted by molar-refractivity contribution is 6.07. The molecule has 25 heavy (non-hydrogen) atoms. The first-order chi connectivity index (χ1) is 11.9. The molecule has 0 bridgehead atoms. The van der Waals surface area contributed by atoms with E-state index in [1.165, 1.54) is 12.1 Å². The summed E-state index contributed by atoms with van der Waals surface area (Å²) in [4.78, 5) is 35.0. The largest absolute Gasteiger partial charge is 0.481 e. The van der Waals surface area contributed by atoms with Crippen LogP contribution in [-0.4, -0.2) is 22.8 Å². The zero-order chi connectivity index (χ0) is 18.1. The van der Waals surface area contributed by atoms with Crippen LogP contribution < -0.4 is 5.32 Å². The van der Waals surface area contributed by atoms with Crippen LogP contribution in [-0.2, 0) is 17.6 Å². The summed E-state index contributed by atoms with van der Waals surface area (Å²) in [5, 5.41) is 11.2. The SMILES string of the molecule is Cc1c(C(=O)Nc2ccc(CC(=O)O)c(F)c2)oc2c1C(=O)CCC2. The fraction of sp³-hybridized carbons (Fsp3) is 0.278. The summed E-state index contributed by atoms with van der Waals surface area (Å²) in [6.45, 7) is 1.65. The summed E-state index contributed by atoms with van der Waals surface area (Å²) in [6, 6.07) is 3.78. The Morgan fingerprint density at radius 2 is 2.08 bits per heavy atom. The smallest absolute Gasteiger partial charge is 0.307 e. The first kappa shape index (κ1) is 16.9. The lowest BCUT2D eigenvalue weighted by Gasteiger charge is -2.07. The Morgan fingerprint density at radius 3 is 2.72 bits per heavy atom. The molecule has 2 aromatic rings. The van der Waals surface area contributed by atoms with Gasteiger partial charge in [-0.15, -0.1) is 0 Å². The van der Waals surface area contributed by atoms with Crippen molar-refractivity contribution in [3.63, 3.8) is 0 Å². The number of ketones is 1. The number of carboxylic acid groups (broad SMARTS) is 1.